The molecular formula is C14H20N2O2S. The van der Waals surface area contributed by atoms with Gasteiger partial charge in [-0.2, -0.15) is 11.8 Å². The summed E-state index contributed by atoms with van der Waals surface area (Å²) in [6.07, 6.45) is 1.14. The van der Waals surface area contributed by atoms with Crippen molar-refractivity contribution in [3.8, 4) is 0 Å². The van der Waals surface area contributed by atoms with Gasteiger partial charge in [0.2, 0.25) is 0 Å². The zero-order chi connectivity index (χ0) is 14.0. The summed E-state index contributed by atoms with van der Waals surface area (Å²) in [4.78, 5) is 10.4. The normalized spacial score (nSPS) is 21.9. The predicted molar refractivity (Wildman–Crippen MR) is 81.0 cm³/mol. The molecule has 5 heteroatoms. The highest BCUT2D eigenvalue weighted by molar-refractivity contribution is 7.99. The number of nitro benzene ring substituents is 1. The molecule has 2 rings (SSSR count). The minimum atomic E-state index is -0.351. The third kappa shape index (κ3) is 3.62. The molecule has 1 aromatic carbocycles. The third-order valence-corrected chi connectivity index (χ3v) is 5.01. The number of non-ortho nitro benzene ring substituents is 1. The van der Waals surface area contributed by atoms with Crippen LogP contribution in [0.3, 0.4) is 0 Å². The summed E-state index contributed by atoms with van der Waals surface area (Å²) in [5, 5.41) is 14.2. The van der Waals surface area contributed by atoms with Gasteiger partial charge in [-0.25, -0.2) is 0 Å². The number of thioether (sulfide) groups is 1. The quantitative estimate of drug-likeness (QED) is 0.675. The fraction of sp³-hybridized carbons (Fsp3) is 0.571. The van der Waals surface area contributed by atoms with E-state index >= 15 is 0 Å². The predicted octanol–water partition coefficient (Wildman–Crippen LogP) is 3.85. The molecule has 4 nitrogen and oxygen atoms in total. The fourth-order valence-electron chi connectivity index (χ4n) is 2.50. The molecule has 1 atom stereocenters. The van der Waals surface area contributed by atoms with Crippen LogP contribution >= 0.6 is 11.8 Å². The minimum Gasteiger partial charge on any atom is -0.381 e. The Labute approximate surface area is 118 Å². The number of nitrogens with zero attached hydrogens (tertiary/aromatic N) is 1. The molecule has 1 fully saturated rings. The van der Waals surface area contributed by atoms with E-state index in [1.54, 1.807) is 12.1 Å². The van der Waals surface area contributed by atoms with Gasteiger partial charge >= 0.3 is 0 Å². The Morgan fingerprint density at radius 2 is 2.21 bits per heavy atom. The second-order valence-corrected chi connectivity index (χ2v) is 7.01. The average Bonchev–Trinajstić information content (AvgIpc) is 2.30. The molecule has 1 heterocycles. The van der Waals surface area contributed by atoms with Crippen molar-refractivity contribution in [3.63, 3.8) is 0 Å². The molecule has 1 aliphatic rings. The number of nitrogens with one attached hydrogen (secondary N) is 1. The first-order chi connectivity index (χ1) is 8.87. The third-order valence-electron chi connectivity index (χ3n) is 3.39. The van der Waals surface area contributed by atoms with Crippen LogP contribution in [0.25, 0.3) is 0 Å². The van der Waals surface area contributed by atoms with Gasteiger partial charge in [0.05, 0.1) is 4.92 Å². The highest BCUT2D eigenvalue weighted by Gasteiger charge is 2.28. The zero-order valence-electron chi connectivity index (χ0n) is 11.6. The second-order valence-electron chi connectivity index (χ2n) is 5.98. The van der Waals surface area contributed by atoms with Crippen molar-refractivity contribution in [1.82, 2.24) is 0 Å². The molecule has 1 unspecified atom stereocenters. The van der Waals surface area contributed by atoms with Crippen molar-refractivity contribution in [2.75, 3.05) is 16.8 Å². The lowest BCUT2D eigenvalue weighted by Gasteiger charge is -2.35. The Bertz CT molecular complexity index is 488. The summed E-state index contributed by atoms with van der Waals surface area (Å²) in [6.45, 7) is 6.49. The molecular weight excluding hydrogens is 260 g/mol. The largest absolute Gasteiger partial charge is 0.381 e. The molecule has 19 heavy (non-hydrogen) atoms. The van der Waals surface area contributed by atoms with Gasteiger partial charge in [0, 0.05) is 29.6 Å². The van der Waals surface area contributed by atoms with Crippen LogP contribution in [0.5, 0.6) is 0 Å². The van der Waals surface area contributed by atoms with Gasteiger partial charge in [0.15, 0.2) is 0 Å². The first kappa shape index (κ1) is 14.2. The van der Waals surface area contributed by atoms with Crippen molar-refractivity contribution >= 4 is 23.1 Å². The number of rotatable bonds is 3. The molecule has 0 aliphatic carbocycles. The Morgan fingerprint density at radius 3 is 2.79 bits per heavy atom. The van der Waals surface area contributed by atoms with Gasteiger partial charge in [0.25, 0.3) is 5.69 Å². The lowest BCUT2D eigenvalue weighted by atomic mass is 9.87. The monoisotopic (exact) mass is 280 g/mol. The molecule has 1 aliphatic heterocycles. The van der Waals surface area contributed by atoms with Crippen molar-refractivity contribution in [3.05, 3.63) is 33.9 Å². The van der Waals surface area contributed by atoms with Crippen LogP contribution < -0.4 is 5.32 Å². The first-order valence-corrected chi connectivity index (χ1v) is 7.62. The summed E-state index contributed by atoms with van der Waals surface area (Å²) < 4.78 is 0. The molecule has 1 aromatic rings. The maximum absolute atomic E-state index is 10.7. The Kier molecular flexibility index (Phi) is 4.04. The van der Waals surface area contributed by atoms with Gasteiger partial charge in [-0.1, -0.05) is 13.8 Å². The average molecular weight is 280 g/mol. The maximum atomic E-state index is 10.7. The van der Waals surface area contributed by atoms with E-state index in [-0.39, 0.29) is 10.6 Å². The molecule has 0 aromatic heterocycles. The standard InChI is InChI=1S/C14H20N2O2S/c1-10-6-12(16(17)18)4-5-13(10)15-11-7-14(2,3)9-19-8-11/h4-6,11,15H,7-9H2,1-3H3. The molecule has 0 saturated carbocycles. The molecule has 0 radical (unpaired) electrons. The summed E-state index contributed by atoms with van der Waals surface area (Å²) in [7, 11) is 0. The summed E-state index contributed by atoms with van der Waals surface area (Å²) in [5.41, 5.74) is 2.45. The van der Waals surface area contributed by atoms with Gasteiger partial charge in [-0.3, -0.25) is 10.1 Å². The van der Waals surface area contributed by atoms with E-state index in [4.69, 9.17) is 0 Å². The Morgan fingerprint density at radius 1 is 1.47 bits per heavy atom. The van der Waals surface area contributed by atoms with Crippen LogP contribution in [0.1, 0.15) is 25.8 Å². The van der Waals surface area contributed by atoms with Gasteiger partial charge in [-0.15, -0.1) is 0 Å². The highest BCUT2D eigenvalue weighted by atomic mass is 32.2. The van der Waals surface area contributed by atoms with E-state index in [9.17, 15) is 10.1 Å². The summed E-state index contributed by atoms with van der Waals surface area (Å²) in [5.74, 6) is 2.30. The first-order valence-electron chi connectivity index (χ1n) is 6.47. The van der Waals surface area contributed by atoms with E-state index in [0.29, 0.717) is 11.5 Å². The van der Waals surface area contributed by atoms with Crippen molar-refractivity contribution in [1.29, 1.82) is 0 Å². The van der Waals surface area contributed by atoms with Crippen molar-refractivity contribution in [2.45, 2.75) is 33.2 Å². The van der Waals surface area contributed by atoms with E-state index in [1.165, 1.54) is 5.75 Å². The highest BCUT2D eigenvalue weighted by Crippen LogP contribution is 2.35. The van der Waals surface area contributed by atoms with E-state index < -0.39 is 0 Å². The van der Waals surface area contributed by atoms with Crippen LogP contribution in [0, 0.1) is 22.5 Å². The van der Waals surface area contributed by atoms with Gasteiger partial charge in [-0.05, 0) is 36.1 Å². The van der Waals surface area contributed by atoms with E-state index in [0.717, 1.165) is 23.4 Å². The van der Waals surface area contributed by atoms with Gasteiger partial charge < -0.3 is 5.32 Å². The van der Waals surface area contributed by atoms with Crippen LogP contribution in [-0.2, 0) is 0 Å². The summed E-state index contributed by atoms with van der Waals surface area (Å²) >= 11 is 1.97. The summed E-state index contributed by atoms with van der Waals surface area (Å²) in [6, 6.07) is 5.45. The Hall–Kier alpha value is -1.23. The smallest absolute Gasteiger partial charge is 0.269 e. The molecule has 104 valence electrons. The molecule has 0 spiro atoms. The fourth-order valence-corrected chi connectivity index (χ4v) is 3.77. The van der Waals surface area contributed by atoms with E-state index in [2.05, 4.69) is 19.2 Å². The van der Waals surface area contributed by atoms with Crippen molar-refractivity contribution in [2.24, 2.45) is 5.41 Å². The number of anilines is 1. The van der Waals surface area contributed by atoms with Crippen LogP contribution in [0.2, 0.25) is 0 Å². The van der Waals surface area contributed by atoms with Crippen LogP contribution in [0.4, 0.5) is 11.4 Å². The van der Waals surface area contributed by atoms with Crippen LogP contribution in [0.15, 0.2) is 18.2 Å². The number of hydrogen-bond donors (Lipinski definition) is 1. The number of hydrogen-bond acceptors (Lipinski definition) is 4. The van der Waals surface area contributed by atoms with E-state index in [1.807, 2.05) is 24.8 Å². The molecule has 1 N–H and O–H groups in total. The lowest BCUT2D eigenvalue weighted by molar-refractivity contribution is -0.384. The number of aryl methyl sites for hydroxylation is 1. The maximum Gasteiger partial charge on any atom is 0.269 e. The zero-order valence-corrected chi connectivity index (χ0v) is 12.4. The second kappa shape index (κ2) is 5.41. The van der Waals surface area contributed by atoms with Gasteiger partial charge in [0.1, 0.15) is 0 Å². The molecule has 1 saturated heterocycles. The molecule has 0 bridgehead atoms. The van der Waals surface area contributed by atoms with Crippen LogP contribution in [-0.4, -0.2) is 22.5 Å². The Balaban J connectivity index is 2.09. The van der Waals surface area contributed by atoms with Crippen molar-refractivity contribution < 1.29 is 4.92 Å². The SMILES string of the molecule is Cc1cc([N+](=O)[O-])ccc1NC1CSCC(C)(C)C1. The number of nitro groups is 1. The topological polar surface area (TPSA) is 55.2 Å². The lowest BCUT2D eigenvalue weighted by Crippen LogP contribution is -2.35. The molecule has 0 amide bonds. The number of benzene rings is 1. The minimum absolute atomic E-state index is 0.154.